The van der Waals surface area contributed by atoms with Crippen LogP contribution in [-0.4, -0.2) is 73.7 Å². The zero-order chi connectivity index (χ0) is 44.6. The predicted molar refractivity (Wildman–Crippen MR) is 236 cm³/mol. The summed E-state index contributed by atoms with van der Waals surface area (Å²) in [5.41, 5.74) is 3.17. The third-order valence-corrected chi connectivity index (χ3v) is 9.83. The second kappa shape index (κ2) is 19.2. The molecule has 0 N–H and O–H groups in total. The molecule has 8 rings (SSSR count). The van der Waals surface area contributed by atoms with Crippen LogP contribution in [0.4, 0.5) is 0 Å². The number of carbonyl (C=O) groups is 5. The van der Waals surface area contributed by atoms with Crippen molar-refractivity contribution in [2.75, 3.05) is 33.5 Å². The fourth-order valence-electron chi connectivity index (χ4n) is 6.67. The number of aldehydes is 1. The number of esters is 4. The summed E-state index contributed by atoms with van der Waals surface area (Å²) in [4.78, 5) is 72.1. The Balaban J connectivity index is 1.08. The van der Waals surface area contributed by atoms with Gasteiger partial charge in [-0.05, 0) is 120 Å². The third-order valence-electron chi connectivity index (χ3n) is 9.83. The molecule has 0 spiro atoms. The van der Waals surface area contributed by atoms with Crippen molar-refractivity contribution in [2.24, 2.45) is 0 Å². The van der Waals surface area contributed by atoms with Crippen LogP contribution in [0.2, 0.25) is 0 Å². The molecule has 0 aliphatic heterocycles. The van der Waals surface area contributed by atoms with Crippen LogP contribution < -0.4 is 23.7 Å². The summed E-state index contributed by atoms with van der Waals surface area (Å²) in [6.45, 7) is 4.96. The second-order valence-electron chi connectivity index (χ2n) is 14.0. The van der Waals surface area contributed by atoms with Gasteiger partial charge in [0.05, 0.1) is 58.6 Å². The highest BCUT2D eigenvalue weighted by atomic mass is 16.6. The average Bonchev–Trinajstić information content (AvgIpc) is 3.32. The maximum Gasteiger partial charge on any atom is 0.343 e. The highest BCUT2D eigenvalue weighted by Crippen LogP contribution is 2.38. The summed E-state index contributed by atoms with van der Waals surface area (Å²) < 4.78 is 38.6. The molecule has 0 bridgehead atoms. The minimum atomic E-state index is -0.672. The van der Waals surface area contributed by atoms with Crippen molar-refractivity contribution in [1.29, 1.82) is 0 Å². The summed E-state index contributed by atoms with van der Waals surface area (Å²) >= 11 is 0. The smallest absolute Gasteiger partial charge is 0.343 e. The first-order valence-electron chi connectivity index (χ1n) is 19.8. The Hall–Kier alpha value is -8.33. The summed E-state index contributed by atoms with van der Waals surface area (Å²) in [6, 6.07) is 33.6. The van der Waals surface area contributed by atoms with Gasteiger partial charge >= 0.3 is 23.9 Å². The first kappa shape index (κ1) is 42.4. The van der Waals surface area contributed by atoms with Crippen LogP contribution in [0, 0.1) is 0 Å². The summed E-state index contributed by atoms with van der Waals surface area (Å²) in [5.74, 6) is -1.03. The number of ether oxygens (including phenoxy) is 7. The van der Waals surface area contributed by atoms with E-state index in [1.54, 1.807) is 49.6 Å². The summed E-state index contributed by atoms with van der Waals surface area (Å²) in [6.07, 6.45) is 1.73. The van der Waals surface area contributed by atoms with Gasteiger partial charge in [0.15, 0.2) is 0 Å². The van der Waals surface area contributed by atoms with Gasteiger partial charge in [-0.2, -0.15) is 0 Å². The lowest BCUT2D eigenvalue weighted by molar-refractivity contribution is -0.128. The molecule has 0 amide bonds. The normalized spacial score (nSPS) is 11.0. The van der Waals surface area contributed by atoms with E-state index in [-0.39, 0.29) is 39.7 Å². The average molecular weight is 857 g/mol. The van der Waals surface area contributed by atoms with Crippen LogP contribution in [0.5, 0.6) is 28.7 Å². The molecule has 0 unspecified atom stereocenters. The Labute approximate surface area is 364 Å². The zero-order valence-corrected chi connectivity index (χ0v) is 34.1. The number of aromatic nitrogens is 2. The van der Waals surface area contributed by atoms with Gasteiger partial charge in [0.25, 0.3) is 0 Å². The lowest BCUT2D eigenvalue weighted by Crippen LogP contribution is -2.11. The summed E-state index contributed by atoms with van der Waals surface area (Å²) in [5, 5.41) is 2.81. The maximum absolute atomic E-state index is 13.4. The molecule has 1 aromatic heterocycles. The first-order chi connectivity index (χ1) is 31.2. The molecule has 0 saturated carbocycles. The summed E-state index contributed by atoms with van der Waals surface area (Å²) in [7, 11) is 1.61. The molecule has 0 aliphatic carbocycles. The van der Waals surface area contributed by atoms with Gasteiger partial charge in [0, 0.05) is 35.6 Å². The van der Waals surface area contributed by atoms with E-state index >= 15 is 0 Å². The van der Waals surface area contributed by atoms with E-state index in [2.05, 4.69) is 6.58 Å². The van der Waals surface area contributed by atoms with E-state index in [9.17, 15) is 24.0 Å². The Morgan fingerprint density at radius 3 is 1.50 bits per heavy atom. The molecule has 1 heterocycles. The molecule has 0 fully saturated rings. The van der Waals surface area contributed by atoms with Crippen molar-refractivity contribution in [2.45, 2.75) is 0 Å². The number of fused-ring (bicyclic) bond motifs is 7. The topological polar surface area (TPSA) is 176 Å². The van der Waals surface area contributed by atoms with E-state index in [0.717, 1.165) is 16.8 Å². The molecule has 14 heteroatoms. The Morgan fingerprint density at radius 2 is 0.969 bits per heavy atom. The van der Waals surface area contributed by atoms with E-state index in [0.29, 0.717) is 76.9 Å². The number of hydrogen-bond donors (Lipinski definition) is 0. The Bertz CT molecular complexity index is 3090. The minimum Gasteiger partial charge on any atom is -0.491 e. The fourth-order valence-corrected chi connectivity index (χ4v) is 6.67. The fraction of sp³-hybridized carbons (Fsp3) is 0.100. The third kappa shape index (κ3) is 9.58. The number of hydrogen-bond acceptors (Lipinski definition) is 14. The standard InChI is InChI=1S/C50H36N2O12/c1-3-45(54)61-34-12-14-35(15-13-34)62-48(55)32-8-10-33(11-9-32)50(57)64-37-16-19-39-40-20-17-38(63-49(56)31-6-4-30(29-53)5-7-31)27-42(40)47-46(41(39)26-37)51-43-21-18-36(28-44(43)52-47)60-25-24-59-23-22-58-2/h3-21,26-29H,1,22-25H2,2H3. The van der Waals surface area contributed by atoms with Gasteiger partial charge < -0.3 is 33.2 Å². The molecular formula is C50H36N2O12. The second-order valence-corrected chi connectivity index (χ2v) is 14.0. The molecule has 8 aromatic rings. The van der Waals surface area contributed by atoms with E-state index in [1.165, 1.54) is 72.8 Å². The molecule has 318 valence electrons. The molecule has 14 nitrogen and oxygen atoms in total. The lowest BCUT2D eigenvalue weighted by Gasteiger charge is -2.14. The molecular weight excluding hydrogens is 821 g/mol. The zero-order valence-electron chi connectivity index (χ0n) is 34.1. The number of rotatable bonds is 16. The van der Waals surface area contributed by atoms with Crippen LogP contribution >= 0.6 is 0 Å². The van der Waals surface area contributed by atoms with Crippen LogP contribution in [-0.2, 0) is 14.3 Å². The molecule has 0 radical (unpaired) electrons. The van der Waals surface area contributed by atoms with Crippen LogP contribution in [0.15, 0.2) is 140 Å². The number of benzene rings is 7. The number of nitrogens with zero attached hydrogens (tertiary/aromatic N) is 2. The van der Waals surface area contributed by atoms with Crippen molar-refractivity contribution in [3.8, 4) is 28.7 Å². The van der Waals surface area contributed by atoms with Gasteiger partial charge in [0.2, 0.25) is 0 Å². The molecule has 0 aliphatic rings. The minimum absolute atomic E-state index is 0.181. The monoisotopic (exact) mass is 856 g/mol. The van der Waals surface area contributed by atoms with Gasteiger partial charge in [-0.15, -0.1) is 0 Å². The van der Waals surface area contributed by atoms with Crippen LogP contribution in [0.3, 0.4) is 0 Å². The molecule has 7 aromatic carbocycles. The van der Waals surface area contributed by atoms with Crippen molar-refractivity contribution >= 4 is 73.8 Å². The van der Waals surface area contributed by atoms with Gasteiger partial charge in [-0.25, -0.2) is 29.1 Å². The highest BCUT2D eigenvalue weighted by molar-refractivity contribution is 6.24. The van der Waals surface area contributed by atoms with E-state index in [1.807, 2.05) is 12.1 Å². The largest absolute Gasteiger partial charge is 0.491 e. The first-order valence-corrected chi connectivity index (χ1v) is 19.8. The Kier molecular flexibility index (Phi) is 12.7. The lowest BCUT2D eigenvalue weighted by atomic mass is 9.98. The maximum atomic E-state index is 13.4. The van der Waals surface area contributed by atoms with Crippen LogP contribution in [0.25, 0.3) is 43.6 Å². The van der Waals surface area contributed by atoms with Gasteiger partial charge in [-0.1, -0.05) is 18.7 Å². The van der Waals surface area contributed by atoms with Crippen LogP contribution in [0.1, 0.15) is 41.4 Å². The molecule has 64 heavy (non-hydrogen) atoms. The molecule has 0 atom stereocenters. The quantitative estimate of drug-likeness (QED) is 0.0172. The van der Waals surface area contributed by atoms with Crippen molar-refractivity contribution in [1.82, 2.24) is 9.97 Å². The Morgan fingerprint density at radius 1 is 0.500 bits per heavy atom. The molecule has 0 saturated heterocycles. The van der Waals surface area contributed by atoms with E-state index in [4.69, 9.17) is 43.1 Å². The van der Waals surface area contributed by atoms with Gasteiger partial charge in [0.1, 0.15) is 41.6 Å². The highest BCUT2D eigenvalue weighted by Gasteiger charge is 2.19. The van der Waals surface area contributed by atoms with Gasteiger partial charge in [-0.3, -0.25) is 4.79 Å². The van der Waals surface area contributed by atoms with E-state index < -0.39 is 23.9 Å². The van der Waals surface area contributed by atoms with Crippen molar-refractivity contribution in [3.05, 3.63) is 162 Å². The SMILES string of the molecule is C=CC(=O)Oc1ccc(OC(=O)c2ccc(C(=O)Oc3ccc4c5ccc(OC(=O)c6ccc(C=O)cc6)cc5c5nc6cc(OCCOCCOC)ccc6nc5c4c3)cc2)cc1. The predicted octanol–water partition coefficient (Wildman–Crippen LogP) is 8.69. The van der Waals surface area contributed by atoms with Crippen molar-refractivity contribution < 1.29 is 57.1 Å². The van der Waals surface area contributed by atoms with Crippen molar-refractivity contribution in [3.63, 3.8) is 0 Å². The number of carbonyl (C=O) groups excluding carboxylic acids is 5. The number of methoxy groups -OCH3 is 1.